The van der Waals surface area contributed by atoms with Crippen molar-refractivity contribution < 1.29 is 4.74 Å². The SMILES string of the molecule is CN=C(NCc1cn2c(C)cccc2n1)NCc1ccc(C)cc1OC. The highest BCUT2D eigenvalue weighted by atomic mass is 16.5. The molecule has 1 aromatic carbocycles. The van der Waals surface area contributed by atoms with E-state index in [0.29, 0.717) is 13.1 Å². The Hall–Kier alpha value is -3.02. The molecule has 6 nitrogen and oxygen atoms in total. The molecule has 2 N–H and O–H groups in total. The van der Waals surface area contributed by atoms with Gasteiger partial charge in [0.1, 0.15) is 11.4 Å². The number of rotatable bonds is 5. The highest BCUT2D eigenvalue weighted by molar-refractivity contribution is 5.79. The van der Waals surface area contributed by atoms with Crippen LogP contribution in [-0.2, 0) is 13.1 Å². The predicted molar refractivity (Wildman–Crippen MR) is 105 cm³/mol. The van der Waals surface area contributed by atoms with Crippen molar-refractivity contribution in [3.8, 4) is 5.75 Å². The zero-order valence-electron chi connectivity index (χ0n) is 15.7. The standard InChI is InChI=1S/C20H25N5O/c1-14-8-9-16(18(10-14)26-4)11-22-20(21-3)23-12-17-13-25-15(2)6-5-7-19(25)24-17/h5-10,13H,11-12H2,1-4H3,(H2,21,22,23). The minimum Gasteiger partial charge on any atom is -0.496 e. The lowest BCUT2D eigenvalue weighted by atomic mass is 10.1. The summed E-state index contributed by atoms with van der Waals surface area (Å²) in [5, 5.41) is 6.63. The number of aromatic nitrogens is 2. The Morgan fingerprint density at radius 2 is 1.96 bits per heavy atom. The van der Waals surface area contributed by atoms with Crippen molar-refractivity contribution >= 4 is 11.6 Å². The zero-order valence-corrected chi connectivity index (χ0v) is 15.7. The second kappa shape index (κ2) is 7.91. The number of imidazole rings is 1. The Morgan fingerprint density at radius 3 is 2.69 bits per heavy atom. The van der Waals surface area contributed by atoms with E-state index in [1.807, 2.05) is 24.4 Å². The van der Waals surface area contributed by atoms with Crippen molar-refractivity contribution in [2.75, 3.05) is 14.2 Å². The lowest BCUT2D eigenvalue weighted by molar-refractivity contribution is 0.408. The number of ether oxygens (including phenoxy) is 1. The van der Waals surface area contributed by atoms with E-state index in [1.54, 1.807) is 14.2 Å². The normalized spacial score (nSPS) is 11.6. The Balaban J connectivity index is 1.62. The molecule has 0 bridgehead atoms. The highest BCUT2D eigenvalue weighted by Crippen LogP contribution is 2.19. The van der Waals surface area contributed by atoms with Crippen LogP contribution >= 0.6 is 0 Å². The van der Waals surface area contributed by atoms with Crippen LogP contribution in [0, 0.1) is 13.8 Å². The summed E-state index contributed by atoms with van der Waals surface area (Å²) in [6.45, 7) is 5.36. The number of fused-ring (bicyclic) bond motifs is 1. The molecule has 0 unspecified atom stereocenters. The molecule has 0 aliphatic rings. The Bertz CT molecular complexity index is 929. The van der Waals surface area contributed by atoms with Gasteiger partial charge >= 0.3 is 0 Å². The molecule has 0 atom stereocenters. The van der Waals surface area contributed by atoms with Crippen LogP contribution in [0.2, 0.25) is 0 Å². The monoisotopic (exact) mass is 351 g/mol. The van der Waals surface area contributed by atoms with E-state index in [-0.39, 0.29) is 0 Å². The fourth-order valence-corrected chi connectivity index (χ4v) is 2.86. The number of nitrogens with one attached hydrogen (secondary N) is 2. The minimum absolute atomic E-state index is 0.603. The van der Waals surface area contributed by atoms with Crippen LogP contribution in [0.5, 0.6) is 5.75 Å². The van der Waals surface area contributed by atoms with Gasteiger partial charge in [-0.25, -0.2) is 4.98 Å². The number of guanidine groups is 1. The van der Waals surface area contributed by atoms with Crippen molar-refractivity contribution in [2.24, 2.45) is 4.99 Å². The van der Waals surface area contributed by atoms with Crippen LogP contribution in [-0.4, -0.2) is 29.5 Å². The van der Waals surface area contributed by atoms with Gasteiger partial charge in [-0.2, -0.15) is 0 Å². The molecular formula is C20H25N5O. The quantitative estimate of drug-likeness (QED) is 0.548. The molecular weight excluding hydrogens is 326 g/mol. The summed E-state index contributed by atoms with van der Waals surface area (Å²) in [7, 11) is 3.45. The van der Waals surface area contributed by atoms with Crippen LogP contribution < -0.4 is 15.4 Å². The van der Waals surface area contributed by atoms with Gasteiger partial charge in [-0.05, 0) is 37.6 Å². The van der Waals surface area contributed by atoms with Crippen molar-refractivity contribution in [3.63, 3.8) is 0 Å². The molecule has 2 aromatic heterocycles. The summed E-state index contributed by atoms with van der Waals surface area (Å²) < 4.78 is 7.54. The molecule has 0 aliphatic carbocycles. The first-order valence-electron chi connectivity index (χ1n) is 8.62. The van der Waals surface area contributed by atoms with Gasteiger partial charge in [0.05, 0.1) is 19.3 Å². The smallest absolute Gasteiger partial charge is 0.191 e. The number of aryl methyl sites for hydroxylation is 2. The van der Waals surface area contributed by atoms with Gasteiger partial charge < -0.3 is 19.8 Å². The molecule has 3 rings (SSSR count). The first-order valence-corrected chi connectivity index (χ1v) is 8.62. The second-order valence-electron chi connectivity index (χ2n) is 6.22. The third-order valence-electron chi connectivity index (χ3n) is 4.30. The number of benzene rings is 1. The molecule has 3 aromatic rings. The summed E-state index contributed by atoms with van der Waals surface area (Å²) in [6, 6.07) is 12.3. The maximum Gasteiger partial charge on any atom is 0.191 e. The molecule has 0 saturated heterocycles. The lowest BCUT2D eigenvalue weighted by Gasteiger charge is -2.13. The third kappa shape index (κ3) is 3.96. The largest absolute Gasteiger partial charge is 0.496 e. The van der Waals surface area contributed by atoms with E-state index < -0.39 is 0 Å². The Kier molecular flexibility index (Phi) is 5.41. The topological polar surface area (TPSA) is 63.0 Å². The maximum atomic E-state index is 5.45. The molecule has 0 fully saturated rings. The fraction of sp³-hybridized carbons (Fsp3) is 0.300. The summed E-state index contributed by atoms with van der Waals surface area (Å²) >= 11 is 0. The maximum absolute atomic E-state index is 5.45. The van der Waals surface area contributed by atoms with Gasteiger partial charge in [0.2, 0.25) is 0 Å². The highest BCUT2D eigenvalue weighted by Gasteiger charge is 2.07. The number of nitrogens with zero attached hydrogens (tertiary/aromatic N) is 3. The van der Waals surface area contributed by atoms with E-state index in [0.717, 1.165) is 34.3 Å². The average molecular weight is 351 g/mol. The first kappa shape index (κ1) is 17.8. The van der Waals surface area contributed by atoms with Crippen LogP contribution in [0.3, 0.4) is 0 Å². The van der Waals surface area contributed by atoms with Crippen LogP contribution in [0.4, 0.5) is 0 Å². The van der Waals surface area contributed by atoms with Crippen molar-refractivity contribution in [2.45, 2.75) is 26.9 Å². The lowest BCUT2D eigenvalue weighted by Crippen LogP contribution is -2.36. The fourth-order valence-electron chi connectivity index (χ4n) is 2.86. The molecule has 136 valence electrons. The second-order valence-corrected chi connectivity index (χ2v) is 6.22. The number of pyridine rings is 1. The average Bonchev–Trinajstić information content (AvgIpc) is 3.07. The molecule has 26 heavy (non-hydrogen) atoms. The number of hydrogen-bond acceptors (Lipinski definition) is 3. The third-order valence-corrected chi connectivity index (χ3v) is 4.30. The molecule has 0 radical (unpaired) electrons. The Morgan fingerprint density at radius 1 is 1.15 bits per heavy atom. The minimum atomic E-state index is 0.603. The van der Waals surface area contributed by atoms with Gasteiger partial charge in [0.15, 0.2) is 5.96 Å². The summed E-state index contributed by atoms with van der Waals surface area (Å²) in [6.07, 6.45) is 2.05. The van der Waals surface area contributed by atoms with E-state index in [4.69, 9.17) is 4.74 Å². The number of aliphatic imine (C=N–C) groups is 1. The molecule has 2 heterocycles. The van der Waals surface area contributed by atoms with Gasteiger partial charge in [-0.15, -0.1) is 0 Å². The number of hydrogen-bond donors (Lipinski definition) is 2. The first-order chi connectivity index (χ1) is 12.6. The zero-order chi connectivity index (χ0) is 18.5. The summed E-state index contributed by atoms with van der Waals surface area (Å²) in [5.74, 6) is 1.60. The van der Waals surface area contributed by atoms with Crippen molar-refractivity contribution in [3.05, 3.63) is 65.1 Å². The molecule has 0 amide bonds. The van der Waals surface area contributed by atoms with Crippen molar-refractivity contribution in [1.29, 1.82) is 0 Å². The van der Waals surface area contributed by atoms with Crippen LogP contribution in [0.25, 0.3) is 5.65 Å². The predicted octanol–water partition coefficient (Wildman–Crippen LogP) is 2.82. The summed E-state index contributed by atoms with van der Waals surface area (Å²) in [4.78, 5) is 8.91. The molecule has 0 saturated carbocycles. The van der Waals surface area contributed by atoms with E-state index in [2.05, 4.69) is 57.1 Å². The van der Waals surface area contributed by atoms with Crippen molar-refractivity contribution in [1.82, 2.24) is 20.0 Å². The van der Waals surface area contributed by atoms with E-state index in [9.17, 15) is 0 Å². The van der Waals surface area contributed by atoms with Gasteiger partial charge in [-0.3, -0.25) is 4.99 Å². The van der Waals surface area contributed by atoms with Gasteiger partial charge in [0.25, 0.3) is 0 Å². The van der Waals surface area contributed by atoms with Gasteiger partial charge in [-0.1, -0.05) is 18.2 Å². The van der Waals surface area contributed by atoms with E-state index in [1.165, 1.54) is 5.56 Å². The molecule has 0 spiro atoms. The van der Waals surface area contributed by atoms with E-state index >= 15 is 0 Å². The number of methoxy groups -OCH3 is 1. The molecule has 0 aliphatic heterocycles. The van der Waals surface area contributed by atoms with Crippen LogP contribution in [0.15, 0.2) is 47.6 Å². The van der Waals surface area contributed by atoms with Gasteiger partial charge in [0, 0.05) is 31.0 Å². The van der Waals surface area contributed by atoms with Crippen LogP contribution in [0.1, 0.15) is 22.5 Å². The Labute approximate surface area is 153 Å². The summed E-state index contributed by atoms with van der Waals surface area (Å²) in [5.41, 5.74) is 5.35. The molecule has 6 heteroatoms.